The number of amides is 1. The number of carbonyl (C=O) groups is 1. The molecule has 1 saturated heterocycles. The van der Waals surface area contributed by atoms with E-state index in [9.17, 15) is 14.7 Å². The largest absolute Gasteiger partial charge is 0.389 e. The Morgan fingerprint density at radius 2 is 2.03 bits per heavy atom. The monoisotopic (exact) mass is 454 g/mol. The summed E-state index contributed by atoms with van der Waals surface area (Å²) < 4.78 is 3.21. The van der Waals surface area contributed by atoms with E-state index >= 15 is 0 Å². The molecule has 1 fully saturated rings. The molecule has 0 aromatic carbocycles. The van der Waals surface area contributed by atoms with Crippen molar-refractivity contribution in [3.8, 4) is 0 Å². The van der Waals surface area contributed by atoms with Crippen LogP contribution in [0.5, 0.6) is 0 Å². The minimum absolute atomic E-state index is 0.133. The van der Waals surface area contributed by atoms with E-state index in [1.165, 1.54) is 28.6 Å². The van der Waals surface area contributed by atoms with Crippen molar-refractivity contribution in [2.45, 2.75) is 39.0 Å². The van der Waals surface area contributed by atoms with Crippen LogP contribution in [0.2, 0.25) is 0 Å². The van der Waals surface area contributed by atoms with E-state index in [2.05, 4.69) is 19.9 Å². The van der Waals surface area contributed by atoms with E-state index in [0.717, 1.165) is 15.3 Å². The number of carbonyl (C=O) groups excluding carboxylic acids is 1. The second-order valence-electron chi connectivity index (χ2n) is 7.97. The maximum Gasteiger partial charge on any atom is 0.262 e. The highest BCUT2D eigenvalue weighted by atomic mass is 32.1. The number of thiophene rings is 1. The van der Waals surface area contributed by atoms with Crippen molar-refractivity contribution in [2.75, 3.05) is 18.8 Å². The standard InChI is InChI=1S/C20H22N8O3S/c1-10-11(2)32-19-15(10)20(31)26(8-25-19)4-3-14(30)27-5-12(13(29)6-27)28-9-24-16-17(21)22-7-23-18(16)28/h7-9,12-13,29H,3-6H2,1-2H3,(H2,21,22,23)/t12-,13-/m1/s1. The fourth-order valence-corrected chi connectivity index (χ4v) is 5.15. The molecule has 32 heavy (non-hydrogen) atoms. The molecule has 0 radical (unpaired) electrons. The maximum absolute atomic E-state index is 12.9. The van der Waals surface area contributed by atoms with Gasteiger partial charge in [0.2, 0.25) is 5.91 Å². The molecule has 2 atom stereocenters. The highest BCUT2D eigenvalue weighted by Crippen LogP contribution is 2.27. The van der Waals surface area contributed by atoms with Gasteiger partial charge in [0.15, 0.2) is 11.5 Å². The number of hydrogen-bond acceptors (Lipinski definition) is 9. The van der Waals surface area contributed by atoms with Crippen LogP contribution in [-0.2, 0) is 11.3 Å². The van der Waals surface area contributed by atoms with Crippen LogP contribution >= 0.6 is 11.3 Å². The number of aryl methyl sites for hydroxylation is 3. The molecular weight excluding hydrogens is 432 g/mol. The Kier molecular flexibility index (Phi) is 4.90. The molecular formula is C20H22N8O3S. The number of nitrogens with zero attached hydrogens (tertiary/aromatic N) is 7. The second-order valence-corrected chi connectivity index (χ2v) is 9.18. The molecule has 5 heterocycles. The number of hydrogen-bond donors (Lipinski definition) is 2. The first-order chi connectivity index (χ1) is 15.3. The molecule has 12 heteroatoms. The van der Waals surface area contributed by atoms with Gasteiger partial charge < -0.3 is 20.3 Å². The van der Waals surface area contributed by atoms with E-state index in [-0.39, 0.29) is 36.8 Å². The molecule has 11 nitrogen and oxygen atoms in total. The van der Waals surface area contributed by atoms with Crippen LogP contribution in [0.1, 0.15) is 22.9 Å². The normalized spacial score (nSPS) is 18.8. The molecule has 0 bridgehead atoms. The van der Waals surface area contributed by atoms with Crippen molar-refractivity contribution in [1.82, 2.24) is 34.0 Å². The lowest BCUT2D eigenvalue weighted by atomic mass is 10.2. The fraction of sp³-hybridized carbons (Fsp3) is 0.400. The van der Waals surface area contributed by atoms with Gasteiger partial charge in [-0.2, -0.15) is 0 Å². The lowest BCUT2D eigenvalue weighted by molar-refractivity contribution is -0.130. The number of aromatic nitrogens is 6. The molecule has 5 rings (SSSR count). The molecule has 4 aromatic heterocycles. The topological polar surface area (TPSA) is 145 Å². The van der Waals surface area contributed by atoms with Crippen molar-refractivity contribution < 1.29 is 9.90 Å². The van der Waals surface area contributed by atoms with Crippen LogP contribution in [0, 0.1) is 13.8 Å². The zero-order chi connectivity index (χ0) is 22.6. The molecule has 0 aliphatic carbocycles. The lowest BCUT2D eigenvalue weighted by Crippen LogP contribution is -2.31. The van der Waals surface area contributed by atoms with Crippen LogP contribution in [0.15, 0.2) is 23.8 Å². The van der Waals surface area contributed by atoms with Crippen LogP contribution in [0.4, 0.5) is 5.82 Å². The molecule has 4 aromatic rings. The smallest absolute Gasteiger partial charge is 0.262 e. The zero-order valence-electron chi connectivity index (χ0n) is 17.6. The maximum atomic E-state index is 12.9. The third-order valence-electron chi connectivity index (χ3n) is 6.08. The Morgan fingerprint density at radius 3 is 2.84 bits per heavy atom. The van der Waals surface area contributed by atoms with Gasteiger partial charge >= 0.3 is 0 Å². The number of β-amino-alcohol motifs (C(OH)–C–C–N with tert-alkyl or cyclic N) is 1. The third kappa shape index (κ3) is 3.22. The summed E-state index contributed by atoms with van der Waals surface area (Å²) in [5, 5.41) is 11.2. The van der Waals surface area contributed by atoms with Gasteiger partial charge in [0.1, 0.15) is 16.7 Å². The predicted octanol–water partition coefficient (Wildman–Crippen LogP) is 0.631. The van der Waals surface area contributed by atoms with Gasteiger partial charge in [-0.25, -0.2) is 19.9 Å². The average Bonchev–Trinajstić information content (AvgIpc) is 3.44. The number of anilines is 1. The van der Waals surface area contributed by atoms with Gasteiger partial charge in [-0.3, -0.25) is 14.2 Å². The third-order valence-corrected chi connectivity index (χ3v) is 7.19. The number of likely N-dealkylation sites (tertiary alicyclic amines) is 1. The summed E-state index contributed by atoms with van der Waals surface area (Å²) in [6.45, 7) is 4.61. The first-order valence-electron chi connectivity index (χ1n) is 10.2. The van der Waals surface area contributed by atoms with E-state index in [4.69, 9.17) is 5.73 Å². The number of aliphatic hydroxyl groups excluding tert-OH is 1. The summed E-state index contributed by atoms with van der Waals surface area (Å²) in [7, 11) is 0. The number of fused-ring (bicyclic) bond motifs is 2. The van der Waals surface area contributed by atoms with E-state index < -0.39 is 12.1 Å². The highest BCUT2D eigenvalue weighted by molar-refractivity contribution is 7.18. The SMILES string of the molecule is Cc1sc2ncn(CCC(=O)N3C[C@@H](O)[C@H](n4cnc5c(N)ncnc54)C3)c(=O)c2c1C. The van der Waals surface area contributed by atoms with E-state index in [1.807, 2.05) is 13.8 Å². The van der Waals surface area contributed by atoms with Crippen LogP contribution in [-0.4, -0.2) is 64.2 Å². The quantitative estimate of drug-likeness (QED) is 0.457. The molecule has 0 unspecified atom stereocenters. The zero-order valence-corrected chi connectivity index (χ0v) is 18.4. The lowest BCUT2D eigenvalue weighted by Gasteiger charge is -2.17. The summed E-state index contributed by atoms with van der Waals surface area (Å²) in [6, 6.07) is -0.393. The predicted molar refractivity (Wildman–Crippen MR) is 119 cm³/mol. The molecule has 166 valence electrons. The van der Waals surface area contributed by atoms with Crippen molar-refractivity contribution in [3.63, 3.8) is 0 Å². The molecule has 1 aliphatic rings. The van der Waals surface area contributed by atoms with Gasteiger partial charge in [-0.15, -0.1) is 11.3 Å². The number of nitrogens with two attached hydrogens (primary N) is 1. The van der Waals surface area contributed by atoms with Gasteiger partial charge in [0, 0.05) is 30.9 Å². The average molecular weight is 455 g/mol. The molecule has 0 saturated carbocycles. The summed E-state index contributed by atoms with van der Waals surface area (Å²) in [6.07, 6.45) is 3.76. The van der Waals surface area contributed by atoms with Crippen LogP contribution in [0.25, 0.3) is 21.4 Å². The first kappa shape index (κ1) is 20.5. The Bertz CT molecular complexity index is 1410. The Labute approximate surface area is 186 Å². The van der Waals surface area contributed by atoms with Gasteiger partial charge in [-0.1, -0.05) is 0 Å². The van der Waals surface area contributed by atoms with Crippen molar-refractivity contribution in [3.05, 3.63) is 39.8 Å². The summed E-state index contributed by atoms with van der Waals surface area (Å²) in [4.78, 5) is 45.8. The van der Waals surface area contributed by atoms with Gasteiger partial charge in [-0.05, 0) is 19.4 Å². The highest BCUT2D eigenvalue weighted by Gasteiger charge is 2.36. The number of rotatable bonds is 4. The van der Waals surface area contributed by atoms with E-state index in [1.54, 1.807) is 15.8 Å². The first-order valence-corrected chi connectivity index (χ1v) is 11.0. The fourth-order valence-electron chi connectivity index (χ4n) is 4.16. The van der Waals surface area contributed by atoms with Crippen LogP contribution in [0.3, 0.4) is 0 Å². The number of imidazole rings is 1. The number of aliphatic hydroxyl groups is 1. The van der Waals surface area contributed by atoms with Crippen molar-refractivity contribution >= 4 is 44.4 Å². The van der Waals surface area contributed by atoms with E-state index in [0.29, 0.717) is 23.1 Å². The van der Waals surface area contributed by atoms with Crippen molar-refractivity contribution in [2.24, 2.45) is 0 Å². The second kappa shape index (κ2) is 7.64. The number of nitrogen functional groups attached to an aromatic ring is 1. The summed E-state index contributed by atoms with van der Waals surface area (Å²) in [5.41, 5.74) is 7.63. The molecule has 1 aliphatic heterocycles. The molecule has 3 N–H and O–H groups in total. The van der Waals surface area contributed by atoms with Crippen LogP contribution < -0.4 is 11.3 Å². The minimum atomic E-state index is -0.773. The van der Waals surface area contributed by atoms with Gasteiger partial charge in [0.25, 0.3) is 5.56 Å². The minimum Gasteiger partial charge on any atom is -0.389 e. The summed E-state index contributed by atoms with van der Waals surface area (Å²) >= 11 is 1.50. The summed E-state index contributed by atoms with van der Waals surface area (Å²) in [5.74, 6) is 0.122. The van der Waals surface area contributed by atoms with Gasteiger partial charge in [0.05, 0.1) is 30.2 Å². The Morgan fingerprint density at radius 1 is 1.22 bits per heavy atom. The molecule has 0 spiro atoms. The Balaban J connectivity index is 1.31. The molecule has 1 amide bonds. The Hall–Kier alpha value is -3.38. The van der Waals surface area contributed by atoms with Crippen molar-refractivity contribution in [1.29, 1.82) is 0 Å².